The molecule has 0 bridgehead atoms. The number of fused-ring (bicyclic) bond motifs is 1. The molecule has 0 aliphatic heterocycles. The van der Waals surface area contributed by atoms with Crippen LogP contribution in [-0.2, 0) is 6.18 Å². The molecule has 1 aromatic carbocycles. The standard InChI is InChI=1S/C17H10Cl2F3N3O2/c18-15(19)13-11(16(27)24-10-6-1-2-7-23-10)14(26)8-4-3-5-9(12(8)25-13)17(20,21)22/h1-7,15H,(H,25,26)(H,23,24,27). The molecule has 3 aromatic rings. The second kappa shape index (κ2) is 7.21. The van der Waals surface area contributed by atoms with Crippen LogP contribution in [-0.4, -0.2) is 21.0 Å². The van der Waals surface area contributed by atoms with Crippen molar-refractivity contribution in [2.45, 2.75) is 11.0 Å². The second-order valence-corrected chi connectivity index (χ2v) is 6.49. The SMILES string of the molecule is O=C(Nc1ccccn1)c1c(C(Cl)Cl)nc2c(C(F)(F)F)cccc2c1O. The van der Waals surface area contributed by atoms with Gasteiger partial charge in [-0.05, 0) is 24.3 Å². The van der Waals surface area contributed by atoms with Gasteiger partial charge in [0, 0.05) is 11.6 Å². The van der Waals surface area contributed by atoms with E-state index in [9.17, 15) is 23.1 Å². The number of carbonyl (C=O) groups excluding carboxylic acids is 1. The molecule has 0 spiro atoms. The number of aromatic hydroxyl groups is 1. The lowest BCUT2D eigenvalue weighted by molar-refractivity contribution is -0.136. The molecule has 3 rings (SSSR count). The van der Waals surface area contributed by atoms with Gasteiger partial charge in [0.15, 0.2) is 4.84 Å². The van der Waals surface area contributed by atoms with E-state index < -0.39 is 45.0 Å². The lowest BCUT2D eigenvalue weighted by Gasteiger charge is -2.16. The minimum atomic E-state index is -4.72. The van der Waals surface area contributed by atoms with Crippen molar-refractivity contribution in [2.75, 3.05) is 5.32 Å². The molecule has 0 saturated heterocycles. The molecule has 2 N–H and O–H groups in total. The van der Waals surface area contributed by atoms with Crippen LogP contribution in [0.1, 0.15) is 26.5 Å². The van der Waals surface area contributed by atoms with Crippen molar-refractivity contribution < 1.29 is 23.1 Å². The van der Waals surface area contributed by atoms with Crippen molar-refractivity contribution in [3.8, 4) is 5.75 Å². The minimum absolute atomic E-state index is 0.165. The Morgan fingerprint density at radius 2 is 1.89 bits per heavy atom. The Morgan fingerprint density at radius 3 is 2.48 bits per heavy atom. The maximum Gasteiger partial charge on any atom is 0.418 e. The van der Waals surface area contributed by atoms with Crippen LogP contribution in [0, 0.1) is 0 Å². The van der Waals surface area contributed by atoms with Crippen LogP contribution < -0.4 is 5.32 Å². The van der Waals surface area contributed by atoms with E-state index in [-0.39, 0.29) is 11.2 Å². The number of alkyl halides is 5. The quantitative estimate of drug-likeness (QED) is 0.584. The highest BCUT2D eigenvalue weighted by molar-refractivity contribution is 6.44. The third kappa shape index (κ3) is 3.77. The fraction of sp³-hybridized carbons (Fsp3) is 0.118. The maximum atomic E-state index is 13.3. The Bertz CT molecular complexity index is 1010. The maximum absolute atomic E-state index is 13.3. The lowest BCUT2D eigenvalue weighted by Crippen LogP contribution is -2.17. The monoisotopic (exact) mass is 415 g/mol. The van der Waals surface area contributed by atoms with Gasteiger partial charge in [0.2, 0.25) is 0 Å². The molecular weight excluding hydrogens is 406 g/mol. The molecule has 0 radical (unpaired) electrons. The first-order chi connectivity index (χ1) is 12.7. The van der Waals surface area contributed by atoms with E-state index >= 15 is 0 Å². The number of amides is 1. The molecule has 27 heavy (non-hydrogen) atoms. The Balaban J connectivity index is 2.22. The molecule has 0 atom stereocenters. The summed E-state index contributed by atoms with van der Waals surface area (Å²) in [6.45, 7) is 0. The number of benzene rings is 1. The summed E-state index contributed by atoms with van der Waals surface area (Å²) in [7, 11) is 0. The summed E-state index contributed by atoms with van der Waals surface area (Å²) in [6.07, 6.45) is -3.29. The van der Waals surface area contributed by atoms with Crippen molar-refractivity contribution in [2.24, 2.45) is 0 Å². The van der Waals surface area contributed by atoms with Crippen molar-refractivity contribution in [3.63, 3.8) is 0 Å². The number of pyridine rings is 2. The van der Waals surface area contributed by atoms with E-state index in [2.05, 4.69) is 15.3 Å². The number of anilines is 1. The molecule has 0 saturated carbocycles. The van der Waals surface area contributed by atoms with Crippen molar-refractivity contribution in [3.05, 3.63) is 59.4 Å². The van der Waals surface area contributed by atoms with Gasteiger partial charge in [0.05, 0.1) is 16.8 Å². The van der Waals surface area contributed by atoms with Gasteiger partial charge in [-0.1, -0.05) is 35.3 Å². The number of nitrogens with one attached hydrogen (secondary N) is 1. The van der Waals surface area contributed by atoms with Crippen LogP contribution in [0.4, 0.5) is 19.0 Å². The third-order valence-electron chi connectivity index (χ3n) is 3.66. The first-order valence-corrected chi connectivity index (χ1v) is 8.30. The zero-order valence-electron chi connectivity index (χ0n) is 13.3. The fourth-order valence-electron chi connectivity index (χ4n) is 2.51. The van der Waals surface area contributed by atoms with Gasteiger partial charge in [-0.15, -0.1) is 0 Å². The highest BCUT2D eigenvalue weighted by Gasteiger charge is 2.35. The molecule has 0 unspecified atom stereocenters. The van der Waals surface area contributed by atoms with Crippen molar-refractivity contribution >= 4 is 45.8 Å². The summed E-state index contributed by atoms with van der Waals surface area (Å²) >= 11 is 11.6. The van der Waals surface area contributed by atoms with E-state index in [4.69, 9.17) is 23.2 Å². The van der Waals surface area contributed by atoms with E-state index in [1.54, 1.807) is 12.1 Å². The highest BCUT2D eigenvalue weighted by Crippen LogP contribution is 2.41. The number of hydrogen-bond donors (Lipinski definition) is 2. The Morgan fingerprint density at radius 1 is 1.15 bits per heavy atom. The Kier molecular flexibility index (Phi) is 5.12. The van der Waals surface area contributed by atoms with Gasteiger partial charge >= 0.3 is 6.18 Å². The number of carbonyl (C=O) groups is 1. The molecule has 2 heterocycles. The van der Waals surface area contributed by atoms with Crippen molar-refractivity contribution in [1.29, 1.82) is 0 Å². The number of rotatable bonds is 3. The van der Waals surface area contributed by atoms with Crippen LogP contribution in [0.5, 0.6) is 5.75 Å². The molecule has 0 aliphatic rings. The number of halogens is 5. The number of nitrogens with zero attached hydrogens (tertiary/aromatic N) is 2. The number of hydrogen-bond acceptors (Lipinski definition) is 4. The highest BCUT2D eigenvalue weighted by atomic mass is 35.5. The van der Waals surface area contributed by atoms with E-state index in [0.29, 0.717) is 0 Å². The van der Waals surface area contributed by atoms with Crippen LogP contribution in [0.15, 0.2) is 42.6 Å². The molecular formula is C17H10Cl2F3N3O2. The summed E-state index contributed by atoms with van der Waals surface area (Å²) in [5.41, 5.74) is -2.46. The average molecular weight is 416 g/mol. The lowest BCUT2D eigenvalue weighted by atomic mass is 10.0. The van der Waals surface area contributed by atoms with Crippen LogP contribution >= 0.6 is 23.2 Å². The molecule has 10 heteroatoms. The predicted molar refractivity (Wildman–Crippen MR) is 95.0 cm³/mol. The summed E-state index contributed by atoms with van der Waals surface area (Å²) in [5.74, 6) is -1.40. The summed E-state index contributed by atoms with van der Waals surface area (Å²) < 4.78 is 39.8. The number of aromatic nitrogens is 2. The van der Waals surface area contributed by atoms with E-state index in [1.807, 2.05) is 0 Å². The zero-order chi connectivity index (χ0) is 19.8. The van der Waals surface area contributed by atoms with Gasteiger partial charge in [-0.3, -0.25) is 4.79 Å². The Labute approximate surface area is 160 Å². The topological polar surface area (TPSA) is 75.1 Å². The Hall–Kier alpha value is -2.58. The van der Waals surface area contributed by atoms with Gasteiger partial charge in [-0.25, -0.2) is 9.97 Å². The van der Waals surface area contributed by atoms with Gasteiger partial charge in [0.1, 0.15) is 17.1 Å². The fourth-order valence-corrected chi connectivity index (χ4v) is 2.83. The van der Waals surface area contributed by atoms with E-state index in [1.165, 1.54) is 18.3 Å². The van der Waals surface area contributed by atoms with E-state index in [0.717, 1.165) is 12.1 Å². The first kappa shape index (κ1) is 19.2. The summed E-state index contributed by atoms with van der Waals surface area (Å²) in [4.78, 5) is 18.9. The van der Waals surface area contributed by atoms with Crippen LogP contribution in [0.25, 0.3) is 10.9 Å². The van der Waals surface area contributed by atoms with Crippen LogP contribution in [0.2, 0.25) is 0 Å². The smallest absolute Gasteiger partial charge is 0.418 e. The first-order valence-electron chi connectivity index (χ1n) is 7.43. The molecule has 2 aromatic heterocycles. The zero-order valence-corrected chi connectivity index (χ0v) is 14.8. The summed E-state index contributed by atoms with van der Waals surface area (Å²) in [6, 6.07) is 7.86. The van der Waals surface area contributed by atoms with Gasteiger partial charge in [0.25, 0.3) is 5.91 Å². The molecule has 5 nitrogen and oxygen atoms in total. The number of para-hydroxylation sites is 1. The normalized spacial score (nSPS) is 11.8. The third-order valence-corrected chi connectivity index (χ3v) is 4.08. The molecule has 0 aliphatic carbocycles. The minimum Gasteiger partial charge on any atom is -0.506 e. The molecule has 0 fully saturated rings. The second-order valence-electron chi connectivity index (χ2n) is 5.39. The van der Waals surface area contributed by atoms with Gasteiger partial charge < -0.3 is 10.4 Å². The largest absolute Gasteiger partial charge is 0.506 e. The summed E-state index contributed by atoms with van der Waals surface area (Å²) in [5, 5.41) is 12.7. The predicted octanol–water partition coefficient (Wildman–Crippen LogP) is 5.08. The molecule has 1 amide bonds. The van der Waals surface area contributed by atoms with Crippen LogP contribution in [0.3, 0.4) is 0 Å². The van der Waals surface area contributed by atoms with Gasteiger partial charge in [-0.2, -0.15) is 13.2 Å². The van der Waals surface area contributed by atoms with Crippen molar-refractivity contribution in [1.82, 2.24) is 9.97 Å². The molecule has 140 valence electrons. The average Bonchev–Trinajstić information content (AvgIpc) is 2.61.